The van der Waals surface area contributed by atoms with Crippen molar-refractivity contribution >= 4 is 17.7 Å². The number of rotatable bonds is 12. The van der Waals surface area contributed by atoms with Crippen LogP contribution in [0.2, 0.25) is 0 Å². The van der Waals surface area contributed by atoms with Crippen LogP contribution < -0.4 is 43.6 Å². The normalized spacial score (nSPS) is 17.6. The summed E-state index contributed by atoms with van der Waals surface area (Å²) in [6.07, 6.45) is 2.05. The molecule has 2 atom stereocenters. The van der Waals surface area contributed by atoms with Gasteiger partial charge >= 0.3 is 0 Å². The molecule has 1 rings (SSSR count). The van der Waals surface area contributed by atoms with Gasteiger partial charge in [-0.3, -0.25) is 24.5 Å². The van der Waals surface area contributed by atoms with E-state index >= 15 is 0 Å². The highest BCUT2D eigenvalue weighted by Gasteiger charge is 2.33. The van der Waals surface area contributed by atoms with E-state index in [0.29, 0.717) is 31.8 Å². The van der Waals surface area contributed by atoms with Crippen LogP contribution in [0.3, 0.4) is 0 Å². The van der Waals surface area contributed by atoms with Gasteiger partial charge < -0.3 is 42.4 Å². The number of aliphatic hydroxyl groups excluding tert-OH is 1. The Bertz CT molecular complexity index is 837. The zero-order valence-corrected chi connectivity index (χ0v) is 28.6. The molecule has 45 heavy (non-hydrogen) atoms. The number of nitrogens with two attached hydrogens (primary N) is 2. The van der Waals surface area contributed by atoms with Crippen LogP contribution in [0.5, 0.6) is 0 Å². The van der Waals surface area contributed by atoms with Crippen LogP contribution in [0, 0.1) is 11.3 Å². The van der Waals surface area contributed by atoms with E-state index in [4.69, 9.17) is 16.8 Å². The molecule has 0 aliphatic carbocycles. The van der Waals surface area contributed by atoms with Crippen molar-refractivity contribution in [2.45, 2.75) is 79.4 Å². The lowest BCUT2D eigenvalue weighted by Gasteiger charge is -2.30. The van der Waals surface area contributed by atoms with Crippen molar-refractivity contribution in [1.29, 1.82) is 0 Å². The van der Waals surface area contributed by atoms with Gasteiger partial charge in [-0.1, -0.05) is 41.5 Å². The standard InChI is InChI=1S/C26H54N10O5.C4H10/c1-26(2,3)23(33-22(38)17-21(37)24(39)34-41)25(40)32-10-6-15-36(28)19-20(27)18-35-14-5-9-30-12-11-29-7-4-8-31-13-16-35;1-4(2)3/h19,21,23,29-31,37,41H,4-18,27-28H2,1-3H3,(H,32,40)(H,33,38)(H,34,39);4H,1-3H3/b20-19-;/t21-,23+;/m0./s1. The molecule has 1 saturated heterocycles. The summed E-state index contributed by atoms with van der Waals surface area (Å²) >= 11 is 0. The molecule has 1 aliphatic heterocycles. The molecule has 0 bridgehead atoms. The molecule has 12 N–H and O–H groups in total. The minimum absolute atomic E-state index is 0.318. The van der Waals surface area contributed by atoms with Crippen molar-refractivity contribution in [3.05, 3.63) is 11.9 Å². The quantitative estimate of drug-likeness (QED) is 0.0523. The highest BCUT2D eigenvalue weighted by Crippen LogP contribution is 2.19. The van der Waals surface area contributed by atoms with Gasteiger partial charge in [0.25, 0.3) is 5.91 Å². The summed E-state index contributed by atoms with van der Waals surface area (Å²) in [5, 5.41) is 35.5. The first kappa shape index (κ1) is 42.5. The van der Waals surface area contributed by atoms with E-state index in [9.17, 15) is 19.5 Å². The number of aliphatic hydroxyl groups is 1. The Morgan fingerprint density at radius 2 is 1.53 bits per heavy atom. The minimum Gasteiger partial charge on any atom is -0.400 e. The van der Waals surface area contributed by atoms with E-state index < -0.39 is 41.7 Å². The van der Waals surface area contributed by atoms with Crippen molar-refractivity contribution in [2.24, 2.45) is 22.9 Å². The monoisotopic (exact) mass is 645 g/mol. The summed E-state index contributed by atoms with van der Waals surface area (Å²) in [7, 11) is 0. The number of carbonyl (C=O) groups is 3. The molecule has 264 valence electrons. The molecule has 0 unspecified atom stereocenters. The second-order valence-corrected chi connectivity index (χ2v) is 13.1. The van der Waals surface area contributed by atoms with E-state index in [-0.39, 0.29) is 0 Å². The Hall–Kier alpha value is -2.53. The summed E-state index contributed by atoms with van der Waals surface area (Å²) in [6, 6.07) is -0.904. The first-order valence-electron chi connectivity index (χ1n) is 16.2. The van der Waals surface area contributed by atoms with Gasteiger partial charge in [0.1, 0.15) is 12.1 Å². The van der Waals surface area contributed by atoms with E-state index in [1.54, 1.807) is 27.0 Å². The predicted molar refractivity (Wildman–Crippen MR) is 178 cm³/mol. The number of hydrazine groups is 1. The second-order valence-electron chi connectivity index (χ2n) is 13.1. The molecule has 15 nitrogen and oxygen atoms in total. The summed E-state index contributed by atoms with van der Waals surface area (Å²) in [5.41, 5.74) is 7.61. The van der Waals surface area contributed by atoms with Gasteiger partial charge in [0.05, 0.1) is 6.42 Å². The predicted octanol–water partition coefficient (Wildman–Crippen LogP) is -1.22. The highest BCUT2D eigenvalue weighted by molar-refractivity contribution is 5.91. The zero-order valence-electron chi connectivity index (χ0n) is 28.6. The largest absolute Gasteiger partial charge is 0.400 e. The first-order valence-corrected chi connectivity index (χ1v) is 16.2. The molecule has 0 saturated carbocycles. The molecular weight excluding hydrogens is 580 g/mol. The van der Waals surface area contributed by atoms with Gasteiger partial charge in [0, 0.05) is 57.7 Å². The molecule has 0 radical (unpaired) electrons. The number of hydroxylamine groups is 1. The summed E-state index contributed by atoms with van der Waals surface area (Å²) in [6.45, 7) is 20.8. The average molecular weight is 645 g/mol. The number of amides is 3. The van der Waals surface area contributed by atoms with Crippen LogP contribution >= 0.6 is 0 Å². The van der Waals surface area contributed by atoms with Crippen LogP contribution in [0.1, 0.15) is 67.2 Å². The third kappa shape index (κ3) is 23.5. The first-order chi connectivity index (χ1) is 21.2. The number of carbonyl (C=O) groups excluding carboxylic acids is 3. The number of hydrogen-bond donors (Lipinski definition) is 10. The fourth-order valence-corrected chi connectivity index (χ4v) is 4.21. The van der Waals surface area contributed by atoms with Crippen molar-refractivity contribution < 1.29 is 24.7 Å². The molecule has 1 heterocycles. The van der Waals surface area contributed by atoms with E-state index in [1.807, 2.05) is 0 Å². The van der Waals surface area contributed by atoms with Crippen molar-refractivity contribution in [3.8, 4) is 0 Å². The lowest BCUT2D eigenvalue weighted by atomic mass is 9.86. The van der Waals surface area contributed by atoms with Gasteiger partial charge in [-0.05, 0) is 56.8 Å². The van der Waals surface area contributed by atoms with Crippen LogP contribution in [0.15, 0.2) is 11.9 Å². The molecular formula is C30H64N10O5. The SMILES string of the molecule is CC(C)(C)[C@H](NC(=O)C[C@H](O)C(=O)NO)C(=O)NCCCN(N)/C=C(\N)CN1CCCNCCNCCCNCC1.CC(C)C. The number of nitrogens with one attached hydrogen (secondary N) is 6. The molecule has 1 fully saturated rings. The minimum atomic E-state index is -1.73. The fraction of sp³-hybridized carbons (Fsp3) is 0.833. The van der Waals surface area contributed by atoms with Gasteiger partial charge in [-0.15, -0.1) is 0 Å². The van der Waals surface area contributed by atoms with Gasteiger partial charge in [-0.25, -0.2) is 11.3 Å². The Morgan fingerprint density at radius 1 is 0.956 bits per heavy atom. The lowest BCUT2D eigenvalue weighted by Crippen LogP contribution is -2.54. The highest BCUT2D eigenvalue weighted by atomic mass is 16.5. The number of nitrogens with zero attached hydrogens (tertiary/aromatic N) is 2. The molecule has 0 aromatic heterocycles. The molecule has 0 spiro atoms. The van der Waals surface area contributed by atoms with Crippen LogP contribution in [0.25, 0.3) is 0 Å². The molecule has 3 amide bonds. The third-order valence-corrected chi connectivity index (χ3v) is 6.47. The van der Waals surface area contributed by atoms with Gasteiger partial charge in [0.2, 0.25) is 11.8 Å². The Morgan fingerprint density at radius 3 is 2.11 bits per heavy atom. The number of hydrogen-bond acceptors (Lipinski definition) is 12. The van der Waals surface area contributed by atoms with Crippen LogP contribution in [0.4, 0.5) is 0 Å². The van der Waals surface area contributed by atoms with Crippen molar-refractivity contribution in [2.75, 3.05) is 72.0 Å². The van der Waals surface area contributed by atoms with Gasteiger partial charge in [0.15, 0.2) is 0 Å². The topological polar surface area (TPSA) is 222 Å². The zero-order chi connectivity index (χ0) is 34.3. The summed E-state index contributed by atoms with van der Waals surface area (Å²) in [5.74, 6) is 4.77. The maximum absolute atomic E-state index is 12.8. The smallest absolute Gasteiger partial charge is 0.272 e. The van der Waals surface area contributed by atoms with Crippen LogP contribution in [-0.2, 0) is 14.4 Å². The van der Waals surface area contributed by atoms with Gasteiger partial charge in [-0.2, -0.15) is 0 Å². The second kappa shape index (κ2) is 24.7. The van der Waals surface area contributed by atoms with E-state index in [1.165, 1.54) is 10.5 Å². The Labute approximate surface area is 270 Å². The van der Waals surface area contributed by atoms with E-state index in [0.717, 1.165) is 71.1 Å². The maximum atomic E-state index is 12.8. The van der Waals surface area contributed by atoms with Crippen molar-refractivity contribution in [3.63, 3.8) is 0 Å². The molecule has 1 aliphatic rings. The molecule has 0 aromatic rings. The molecule has 0 aromatic carbocycles. The van der Waals surface area contributed by atoms with Crippen LogP contribution in [-0.4, -0.2) is 122 Å². The lowest BCUT2D eigenvalue weighted by molar-refractivity contribution is -0.142. The van der Waals surface area contributed by atoms with Crippen molar-refractivity contribution in [1.82, 2.24) is 42.0 Å². The third-order valence-electron chi connectivity index (χ3n) is 6.47. The summed E-state index contributed by atoms with van der Waals surface area (Å²) in [4.78, 5) is 38.6. The maximum Gasteiger partial charge on any atom is 0.272 e. The Balaban J connectivity index is 0.00000454. The average Bonchev–Trinajstić information content (AvgIpc) is 2.94. The summed E-state index contributed by atoms with van der Waals surface area (Å²) < 4.78 is 0. The Kier molecular flexibility index (Phi) is 23.3. The van der Waals surface area contributed by atoms with E-state index in [2.05, 4.69) is 52.3 Å². The molecule has 15 heteroatoms. The fourth-order valence-electron chi connectivity index (χ4n) is 4.21.